The Morgan fingerprint density at radius 2 is 2.05 bits per heavy atom. The van der Waals surface area contributed by atoms with Gasteiger partial charge in [-0.15, -0.1) is 0 Å². The van der Waals surface area contributed by atoms with Gasteiger partial charge in [0, 0.05) is 38.9 Å². The van der Waals surface area contributed by atoms with Crippen molar-refractivity contribution in [1.29, 1.82) is 0 Å². The third-order valence-electron chi connectivity index (χ3n) is 3.30. The average molecular weight is 260 g/mol. The van der Waals surface area contributed by atoms with E-state index >= 15 is 0 Å². The molecule has 102 valence electrons. The number of anilines is 1. The molecule has 4 heteroatoms. The summed E-state index contributed by atoms with van der Waals surface area (Å²) in [6.45, 7) is 1.09. The highest BCUT2D eigenvalue weighted by Gasteiger charge is 2.22. The molecule has 0 radical (unpaired) electrons. The van der Waals surface area contributed by atoms with Gasteiger partial charge in [0.15, 0.2) is 0 Å². The van der Waals surface area contributed by atoms with Gasteiger partial charge in [0.25, 0.3) is 0 Å². The van der Waals surface area contributed by atoms with Crippen molar-refractivity contribution in [3.63, 3.8) is 0 Å². The predicted molar refractivity (Wildman–Crippen MR) is 77.0 cm³/mol. The second-order valence-electron chi connectivity index (χ2n) is 5.05. The number of aliphatic hydroxyl groups excluding tert-OH is 1. The minimum atomic E-state index is -0.364. The van der Waals surface area contributed by atoms with Gasteiger partial charge in [-0.25, -0.2) is 0 Å². The van der Waals surface area contributed by atoms with E-state index in [9.17, 15) is 9.90 Å². The van der Waals surface area contributed by atoms with Gasteiger partial charge in [-0.05, 0) is 30.2 Å². The lowest BCUT2D eigenvalue weighted by atomic mass is 10.2. The van der Waals surface area contributed by atoms with Gasteiger partial charge in [-0.1, -0.05) is 12.1 Å². The molecule has 1 amide bonds. The molecule has 1 fully saturated rings. The van der Waals surface area contributed by atoms with Crippen LogP contribution in [0.15, 0.2) is 30.3 Å². The summed E-state index contributed by atoms with van der Waals surface area (Å²) in [5.41, 5.74) is 2.13. The molecule has 1 aliphatic heterocycles. The van der Waals surface area contributed by atoms with Gasteiger partial charge >= 0.3 is 0 Å². The normalized spacial score (nSPS) is 19.1. The van der Waals surface area contributed by atoms with E-state index in [2.05, 4.69) is 0 Å². The highest BCUT2D eigenvalue weighted by molar-refractivity contribution is 5.92. The Hall–Kier alpha value is -1.81. The molecular formula is C15H20N2O2. The minimum Gasteiger partial charge on any atom is -0.391 e. The maximum absolute atomic E-state index is 11.9. The van der Waals surface area contributed by atoms with Crippen LogP contribution < -0.4 is 4.90 Å². The fourth-order valence-corrected chi connectivity index (χ4v) is 2.10. The van der Waals surface area contributed by atoms with Crippen LogP contribution >= 0.6 is 0 Å². The first-order chi connectivity index (χ1) is 9.06. The largest absolute Gasteiger partial charge is 0.391 e. The quantitative estimate of drug-likeness (QED) is 0.835. The van der Waals surface area contributed by atoms with Gasteiger partial charge < -0.3 is 14.9 Å². The summed E-state index contributed by atoms with van der Waals surface area (Å²) in [7, 11) is 3.99. The zero-order valence-corrected chi connectivity index (χ0v) is 11.4. The molecule has 4 nitrogen and oxygen atoms in total. The Labute approximate surface area is 113 Å². The summed E-state index contributed by atoms with van der Waals surface area (Å²) in [5, 5.41) is 9.39. The van der Waals surface area contributed by atoms with E-state index in [1.165, 1.54) is 0 Å². The number of likely N-dealkylation sites (tertiary alicyclic amines) is 1. The van der Waals surface area contributed by atoms with Crippen LogP contribution in [0.4, 0.5) is 5.69 Å². The van der Waals surface area contributed by atoms with Crippen molar-refractivity contribution in [1.82, 2.24) is 4.90 Å². The summed E-state index contributed by atoms with van der Waals surface area (Å²) in [6.07, 6.45) is 3.70. The van der Waals surface area contributed by atoms with Crippen LogP contribution in [0.2, 0.25) is 0 Å². The van der Waals surface area contributed by atoms with Gasteiger partial charge in [-0.3, -0.25) is 4.79 Å². The van der Waals surface area contributed by atoms with E-state index in [4.69, 9.17) is 0 Å². The van der Waals surface area contributed by atoms with E-state index in [0.717, 1.165) is 11.3 Å². The van der Waals surface area contributed by atoms with Crippen LogP contribution in [-0.2, 0) is 4.79 Å². The van der Waals surface area contributed by atoms with Crippen LogP contribution in [0.3, 0.4) is 0 Å². The van der Waals surface area contributed by atoms with Gasteiger partial charge in [0.05, 0.1) is 6.10 Å². The predicted octanol–water partition coefficient (Wildman–Crippen LogP) is 1.36. The van der Waals surface area contributed by atoms with E-state index in [1.807, 2.05) is 49.3 Å². The van der Waals surface area contributed by atoms with Gasteiger partial charge in [0.1, 0.15) is 0 Å². The number of aliphatic hydroxyl groups is 1. The summed E-state index contributed by atoms with van der Waals surface area (Å²) < 4.78 is 0. The summed E-state index contributed by atoms with van der Waals surface area (Å²) in [5.74, 6) is -0.0340. The molecule has 1 aromatic rings. The van der Waals surface area contributed by atoms with Gasteiger partial charge in [0.2, 0.25) is 5.91 Å². The van der Waals surface area contributed by atoms with E-state index in [-0.39, 0.29) is 12.0 Å². The number of β-amino-alcohol motifs (C(OH)–C–C–N with tert-alkyl or cyclic N) is 1. The van der Waals surface area contributed by atoms with Crippen molar-refractivity contribution >= 4 is 17.7 Å². The molecule has 0 saturated carbocycles. The highest BCUT2D eigenvalue weighted by atomic mass is 16.3. The first-order valence-corrected chi connectivity index (χ1v) is 6.48. The summed E-state index contributed by atoms with van der Waals surface area (Å²) >= 11 is 0. The Kier molecular flexibility index (Phi) is 4.22. The zero-order valence-electron chi connectivity index (χ0n) is 11.4. The average Bonchev–Trinajstić information content (AvgIpc) is 2.83. The molecule has 19 heavy (non-hydrogen) atoms. The lowest BCUT2D eigenvalue weighted by Crippen LogP contribution is -2.27. The molecular weight excluding hydrogens is 240 g/mol. The molecule has 0 spiro atoms. The fraction of sp³-hybridized carbons (Fsp3) is 0.400. The fourth-order valence-electron chi connectivity index (χ4n) is 2.10. The van der Waals surface area contributed by atoms with E-state index in [1.54, 1.807) is 11.0 Å². The van der Waals surface area contributed by atoms with Crippen molar-refractivity contribution in [2.75, 3.05) is 32.1 Å². The SMILES string of the molecule is CN(C)c1ccc(C=CC(=O)N2CC[C@@H](O)C2)cc1. The first-order valence-electron chi connectivity index (χ1n) is 6.48. The molecule has 1 aromatic carbocycles. The Morgan fingerprint density at radius 1 is 1.37 bits per heavy atom. The molecule has 0 aromatic heterocycles. The van der Waals surface area contributed by atoms with Crippen molar-refractivity contribution in [3.8, 4) is 0 Å². The monoisotopic (exact) mass is 260 g/mol. The van der Waals surface area contributed by atoms with Crippen LogP contribution in [-0.4, -0.2) is 49.2 Å². The molecule has 1 heterocycles. The second kappa shape index (κ2) is 5.89. The molecule has 1 N–H and O–H groups in total. The van der Waals surface area contributed by atoms with Gasteiger partial charge in [-0.2, -0.15) is 0 Å². The van der Waals surface area contributed by atoms with Crippen LogP contribution in [0.25, 0.3) is 6.08 Å². The molecule has 2 rings (SSSR count). The van der Waals surface area contributed by atoms with E-state index in [0.29, 0.717) is 19.5 Å². The van der Waals surface area contributed by atoms with Crippen molar-refractivity contribution < 1.29 is 9.90 Å². The van der Waals surface area contributed by atoms with Crippen LogP contribution in [0.1, 0.15) is 12.0 Å². The number of amides is 1. The van der Waals surface area contributed by atoms with Crippen molar-refractivity contribution in [2.24, 2.45) is 0 Å². The number of nitrogens with zero attached hydrogens (tertiary/aromatic N) is 2. The number of hydrogen-bond acceptors (Lipinski definition) is 3. The Morgan fingerprint density at radius 3 is 2.58 bits per heavy atom. The highest BCUT2D eigenvalue weighted by Crippen LogP contribution is 2.14. The second-order valence-corrected chi connectivity index (χ2v) is 5.05. The molecule has 1 saturated heterocycles. The number of hydrogen-bond donors (Lipinski definition) is 1. The summed E-state index contributed by atoms with van der Waals surface area (Å²) in [6, 6.07) is 8.00. The maximum atomic E-state index is 11.9. The van der Waals surface area contributed by atoms with E-state index < -0.39 is 0 Å². The number of benzene rings is 1. The third kappa shape index (κ3) is 3.58. The standard InChI is InChI=1S/C15H20N2O2/c1-16(2)13-6-3-12(4-7-13)5-8-15(19)17-10-9-14(18)11-17/h3-8,14,18H,9-11H2,1-2H3/t14-/m1/s1. The number of carbonyl (C=O) groups is 1. The number of carbonyl (C=O) groups excluding carboxylic acids is 1. The first kappa shape index (κ1) is 13.6. The molecule has 1 atom stereocenters. The Bertz CT molecular complexity index is 466. The van der Waals surface area contributed by atoms with Crippen molar-refractivity contribution in [3.05, 3.63) is 35.9 Å². The topological polar surface area (TPSA) is 43.8 Å². The third-order valence-corrected chi connectivity index (χ3v) is 3.30. The molecule has 0 unspecified atom stereocenters. The maximum Gasteiger partial charge on any atom is 0.246 e. The zero-order chi connectivity index (χ0) is 13.8. The lowest BCUT2D eigenvalue weighted by Gasteiger charge is -2.13. The number of rotatable bonds is 3. The molecule has 0 bridgehead atoms. The van der Waals surface area contributed by atoms with Crippen molar-refractivity contribution in [2.45, 2.75) is 12.5 Å². The molecule has 0 aliphatic carbocycles. The Balaban J connectivity index is 1.96. The lowest BCUT2D eigenvalue weighted by molar-refractivity contribution is -0.125. The van der Waals surface area contributed by atoms with Crippen LogP contribution in [0, 0.1) is 0 Å². The minimum absolute atomic E-state index is 0.0340. The summed E-state index contributed by atoms with van der Waals surface area (Å²) in [4.78, 5) is 15.6. The smallest absolute Gasteiger partial charge is 0.246 e. The molecule has 1 aliphatic rings. The van der Waals surface area contributed by atoms with Crippen LogP contribution in [0.5, 0.6) is 0 Å².